The number of ketones is 1. The highest BCUT2D eigenvalue weighted by molar-refractivity contribution is 7.80. The van der Waals surface area contributed by atoms with E-state index in [2.05, 4.69) is 5.32 Å². The van der Waals surface area contributed by atoms with E-state index in [9.17, 15) is 9.18 Å². The number of halogens is 2. The van der Waals surface area contributed by atoms with E-state index in [0.717, 1.165) is 18.4 Å². The van der Waals surface area contributed by atoms with Gasteiger partial charge in [-0.15, -0.1) is 0 Å². The van der Waals surface area contributed by atoms with Crippen molar-refractivity contribution in [3.8, 4) is 0 Å². The van der Waals surface area contributed by atoms with Crippen LogP contribution in [0.15, 0.2) is 42.5 Å². The molecule has 0 bridgehead atoms. The Balaban J connectivity index is 1.97. The maximum Gasteiger partial charge on any atom is 0.174 e. The molecule has 2 aromatic rings. The minimum absolute atomic E-state index is 0.101. The molecule has 6 heteroatoms. The Labute approximate surface area is 169 Å². The summed E-state index contributed by atoms with van der Waals surface area (Å²) in [6.45, 7) is 1.71. The number of likely N-dealkylation sites (N-methyl/N-ethyl adjacent to an activating group) is 1. The summed E-state index contributed by atoms with van der Waals surface area (Å²) >= 11 is 12.0. The lowest BCUT2D eigenvalue weighted by atomic mass is 9.74. The predicted molar refractivity (Wildman–Crippen MR) is 112 cm³/mol. The molecule has 1 saturated carbocycles. The first kappa shape index (κ1) is 19.8. The van der Waals surface area contributed by atoms with Gasteiger partial charge in [0.25, 0.3) is 0 Å². The Bertz CT molecular complexity index is 888. The minimum Gasteiger partial charge on any atom is -0.335 e. The molecule has 1 atom stereocenters. The van der Waals surface area contributed by atoms with Crippen LogP contribution >= 0.6 is 23.8 Å². The normalized spacial score (nSPS) is 19.6. The average Bonchev–Trinajstić information content (AvgIpc) is 2.65. The summed E-state index contributed by atoms with van der Waals surface area (Å²) in [4.78, 5) is 14.9. The van der Waals surface area contributed by atoms with Crippen molar-refractivity contribution in [3.05, 3.63) is 64.4 Å². The largest absolute Gasteiger partial charge is 0.335 e. The zero-order chi connectivity index (χ0) is 19.6. The molecule has 0 radical (unpaired) electrons. The number of nitrogens with zero attached hydrogens (tertiary/aromatic N) is 1. The molecule has 2 aromatic carbocycles. The van der Waals surface area contributed by atoms with Crippen LogP contribution in [0.3, 0.4) is 0 Å². The maximum absolute atomic E-state index is 13.9. The Hall–Kier alpha value is -1.98. The zero-order valence-electron chi connectivity index (χ0n) is 15.4. The lowest BCUT2D eigenvalue weighted by Crippen LogP contribution is -2.55. The van der Waals surface area contributed by atoms with E-state index < -0.39 is 5.54 Å². The van der Waals surface area contributed by atoms with Gasteiger partial charge in [-0.25, -0.2) is 4.39 Å². The number of nitrogens with one attached hydrogen (secondary N) is 1. The Morgan fingerprint density at radius 3 is 2.67 bits per heavy atom. The fourth-order valence-corrected chi connectivity index (χ4v) is 4.25. The van der Waals surface area contributed by atoms with Gasteiger partial charge >= 0.3 is 0 Å². The van der Waals surface area contributed by atoms with E-state index in [4.69, 9.17) is 23.8 Å². The van der Waals surface area contributed by atoms with E-state index in [1.165, 1.54) is 6.07 Å². The standard InChI is InChI=1S/C21H22ClFN2OS/c1-14-10-11-15(13-18(14)23)24-20(27)25(2)21(12-6-5-9-19(21)26)16-7-3-4-8-17(16)22/h3-4,7-8,10-11,13H,5-6,9,12H2,1-2H3,(H,24,27). The van der Waals surface area contributed by atoms with Gasteiger partial charge in [-0.2, -0.15) is 0 Å². The van der Waals surface area contributed by atoms with Crippen LogP contribution in [0, 0.1) is 12.7 Å². The second-order valence-electron chi connectivity index (χ2n) is 6.92. The van der Waals surface area contributed by atoms with Crippen LogP contribution in [0.25, 0.3) is 0 Å². The van der Waals surface area contributed by atoms with Gasteiger partial charge in [-0.05, 0) is 62.2 Å². The molecule has 0 aliphatic heterocycles. The molecule has 0 saturated heterocycles. The topological polar surface area (TPSA) is 32.3 Å². The number of aryl methyl sites for hydroxylation is 1. The SMILES string of the molecule is Cc1ccc(NC(=S)N(C)C2(c3ccccc3Cl)CCCCC2=O)cc1F. The van der Waals surface area contributed by atoms with E-state index in [1.807, 2.05) is 18.2 Å². The highest BCUT2D eigenvalue weighted by Crippen LogP contribution is 2.42. The molecule has 0 amide bonds. The Morgan fingerprint density at radius 2 is 2.00 bits per heavy atom. The van der Waals surface area contributed by atoms with Gasteiger partial charge in [0.1, 0.15) is 11.4 Å². The summed E-state index contributed by atoms with van der Waals surface area (Å²) in [5.41, 5.74) is 0.963. The van der Waals surface area contributed by atoms with Gasteiger partial charge < -0.3 is 10.2 Å². The quantitative estimate of drug-likeness (QED) is 0.689. The van der Waals surface area contributed by atoms with E-state index in [0.29, 0.717) is 34.2 Å². The first-order valence-corrected chi connectivity index (χ1v) is 9.74. The molecule has 0 aromatic heterocycles. The number of Topliss-reactive ketones (excluding diaryl/α,β-unsaturated/α-hetero) is 1. The van der Waals surface area contributed by atoms with Crippen LogP contribution < -0.4 is 5.32 Å². The van der Waals surface area contributed by atoms with Crippen molar-refractivity contribution >= 4 is 40.4 Å². The van der Waals surface area contributed by atoms with Crippen molar-refractivity contribution in [1.29, 1.82) is 0 Å². The molecule has 3 nitrogen and oxygen atoms in total. The summed E-state index contributed by atoms with van der Waals surface area (Å²) in [6, 6.07) is 12.3. The van der Waals surface area contributed by atoms with Gasteiger partial charge in [0.15, 0.2) is 10.9 Å². The highest BCUT2D eigenvalue weighted by Gasteiger charge is 2.47. The van der Waals surface area contributed by atoms with Crippen molar-refractivity contribution in [3.63, 3.8) is 0 Å². The van der Waals surface area contributed by atoms with E-state index in [1.54, 1.807) is 37.1 Å². The second-order valence-corrected chi connectivity index (χ2v) is 7.72. The molecule has 1 unspecified atom stereocenters. The zero-order valence-corrected chi connectivity index (χ0v) is 17.0. The Morgan fingerprint density at radius 1 is 1.26 bits per heavy atom. The third-order valence-electron chi connectivity index (χ3n) is 5.27. The third kappa shape index (κ3) is 3.71. The van der Waals surface area contributed by atoms with E-state index in [-0.39, 0.29) is 11.6 Å². The van der Waals surface area contributed by atoms with Crippen molar-refractivity contribution in [2.75, 3.05) is 12.4 Å². The van der Waals surface area contributed by atoms with Gasteiger partial charge in [-0.1, -0.05) is 35.9 Å². The second kappa shape index (κ2) is 7.95. The molecular formula is C21H22ClFN2OS. The van der Waals surface area contributed by atoms with Crippen molar-refractivity contribution in [2.45, 2.75) is 38.1 Å². The summed E-state index contributed by atoms with van der Waals surface area (Å²) < 4.78 is 13.9. The summed E-state index contributed by atoms with van der Waals surface area (Å²) in [7, 11) is 1.80. The molecular weight excluding hydrogens is 383 g/mol. The first-order chi connectivity index (χ1) is 12.9. The number of hydrogen-bond donors (Lipinski definition) is 1. The number of anilines is 1. The fourth-order valence-electron chi connectivity index (χ4n) is 3.68. The molecule has 142 valence electrons. The van der Waals surface area contributed by atoms with Gasteiger partial charge in [0.2, 0.25) is 0 Å². The minimum atomic E-state index is -0.913. The molecule has 0 heterocycles. The molecule has 0 spiro atoms. The molecule has 1 fully saturated rings. The third-order valence-corrected chi connectivity index (χ3v) is 5.98. The number of carbonyl (C=O) groups excluding carboxylic acids is 1. The monoisotopic (exact) mass is 404 g/mol. The number of hydrogen-bond acceptors (Lipinski definition) is 2. The molecule has 1 aliphatic carbocycles. The van der Waals surface area contributed by atoms with E-state index >= 15 is 0 Å². The number of benzene rings is 2. The Kier molecular flexibility index (Phi) is 5.82. The highest BCUT2D eigenvalue weighted by atomic mass is 35.5. The average molecular weight is 405 g/mol. The van der Waals surface area contributed by atoms with Crippen LogP contribution in [0.5, 0.6) is 0 Å². The fraction of sp³-hybridized carbons (Fsp3) is 0.333. The van der Waals surface area contributed by atoms with Crippen molar-refractivity contribution < 1.29 is 9.18 Å². The lowest BCUT2D eigenvalue weighted by Gasteiger charge is -2.45. The van der Waals surface area contributed by atoms with Gasteiger partial charge in [0, 0.05) is 29.7 Å². The van der Waals surface area contributed by atoms with Gasteiger partial charge in [0.05, 0.1) is 0 Å². The predicted octanol–water partition coefficient (Wildman–Crippen LogP) is 5.45. The number of rotatable bonds is 3. The summed E-state index contributed by atoms with van der Waals surface area (Å²) in [5.74, 6) is -0.205. The van der Waals surface area contributed by atoms with Crippen LogP contribution in [-0.4, -0.2) is 22.8 Å². The first-order valence-electron chi connectivity index (χ1n) is 8.95. The van der Waals surface area contributed by atoms with Crippen LogP contribution in [0.1, 0.15) is 36.8 Å². The van der Waals surface area contributed by atoms with Crippen LogP contribution in [0.2, 0.25) is 5.02 Å². The van der Waals surface area contributed by atoms with Crippen LogP contribution in [0.4, 0.5) is 10.1 Å². The van der Waals surface area contributed by atoms with Crippen LogP contribution in [-0.2, 0) is 10.3 Å². The molecule has 1 N–H and O–H groups in total. The maximum atomic E-state index is 13.9. The smallest absolute Gasteiger partial charge is 0.174 e. The summed E-state index contributed by atoms with van der Waals surface area (Å²) in [5, 5.41) is 3.96. The molecule has 1 aliphatic rings. The summed E-state index contributed by atoms with van der Waals surface area (Å²) in [6.07, 6.45) is 2.89. The molecule has 3 rings (SSSR count). The van der Waals surface area contributed by atoms with Gasteiger partial charge in [-0.3, -0.25) is 4.79 Å². The van der Waals surface area contributed by atoms with Crippen molar-refractivity contribution in [2.24, 2.45) is 0 Å². The number of thiocarbonyl (C=S) groups is 1. The number of carbonyl (C=O) groups is 1. The molecule has 27 heavy (non-hydrogen) atoms. The van der Waals surface area contributed by atoms with Crippen molar-refractivity contribution in [1.82, 2.24) is 4.90 Å². The lowest BCUT2D eigenvalue weighted by molar-refractivity contribution is -0.131.